The molecule has 1 heterocycles. The lowest BCUT2D eigenvalue weighted by Crippen LogP contribution is -2.21. The molecular formula is C16H11Cl3N2OS. The summed E-state index contributed by atoms with van der Waals surface area (Å²) < 4.78 is 14.9. The van der Waals surface area contributed by atoms with E-state index in [0.29, 0.717) is 25.5 Å². The SMILES string of the molecule is [O-][S+](c1ccc(Cl)cc1)C(c1ccc(Cl)cc1Cl)n1ccnc1. The highest BCUT2D eigenvalue weighted by atomic mass is 35.5. The summed E-state index contributed by atoms with van der Waals surface area (Å²) in [5, 5.41) is 1.07. The van der Waals surface area contributed by atoms with E-state index in [9.17, 15) is 4.55 Å². The van der Waals surface area contributed by atoms with Crippen molar-refractivity contribution in [3.8, 4) is 0 Å². The first-order valence-electron chi connectivity index (χ1n) is 6.65. The van der Waals surface area contributed by atoms with E-state index in [-0.39, 0.29) is 0 Å². The lowest BCUT2D eigenvalue weighted by atomic mass is 10.2. The molecule has 7 heteroatoms. The van der Waals surface area contributed by atoms with Crippen LogP contribution in [0.2, 0.25) is 15.1 Å². The maximum Gasteiger partial charge on any atom is 0.225 e. The van der Waals surface area contributed by atoms with E-state index in [1.807, 2.05) is 0 Å². The molecule has 0 N–H and O–H groups in total. The molecule has 0 radical (unpaired) electrons. The summed E-state index contributed by atoms with van der Waals surface area (Å²) in [7, 11) is 0. The Balaban J connectivity index is 2.07. The van der Waals surface area contributed by atoms with Gasteiger partial charge in [0.1, 0.15) is 0 Å². The van der Waals surface area contributed by atoms with E-state index in [4.69, 9.17) is 34.8 Å². The molecule has 0 aliphatic heterocycles. The number of aromatic nitrogens is 2. The molecular weight excluding hydrogens is 375 g/mol. The van der Waals surface area contributed by atoms with Crippen LogP contribution in [0.25, 0.3) is 0 Å². The van der Waals surface area contributed by atoms with Crippen LogP contribution in [0.3, 0.4) is 0 Å². The quantitative estimate of drug-likeness (QED) is 0.579. The van der Waals surface area contributed by atoms with Crippen LogP contribution in [0.4, 0.5) is 0 Å². The molecule has 0 amide bonds. The van der Waals surface area contributed by atoms with Gasteiger partial charge in [0.15, 0.2) is 4.90 Å². The van der Waals surface area contributed by atoms with Crippen molar-refractivity contribution in [3.05, 3.63) is 81.8 Å². The monoisotopic (exact) mass is 384 g/mol. The Labute approximate surface area is 152 Å². The third-order valence-corrected chi connectivity index (χ3v) is 5.73. The third kappa shape index (κ3) is 3.67. The first kappa shape index (κ1) is 16.7. The standard InChI is InChI=1S/C16H11Cl3N2OS/c17-11-1-4-13(5-2-11)23(22)16(21-8-7-20-10-21)14-6-3-12(18)9-15(14)19/h1-10,16H. The highest BCUT2D eigenvalue weighted by Gasteiger charge is 2.30. The van der Waals surface area contributed by atoms with Gasteiger partial charge in [0.25, 0.3) is 0 Å². The van der Waals surface area contributed by atoms with Crippen LogP contribution in [0.15, 0.2) is 66.1 Å². The van der Waals surface area contributed by atoms with E-state index in [2.05, 4.69) is 4.98 Å². The Morgan fingerprint density at radius 2 is 1.70 bits per heavy atom. The smallest absolute Gasteiger partial charge is 0.225 e. The number of imidazole rings is 1. The molecule has 0 fully saturated rings. The van der Waals surface area contributed by atoms with Gasteiger partial charge in [-0.25, -0.2) is 4.98 Å². The van der Waals surface area contributed by atoms with E-state index < -0.39 is 16.5 Å². The summed E-state index contributed by atoms with van der Waals surface area (Å²) >= 11 is 16.8. The van der Waals surface area contributed by atoms with Gasteiger partial charge in [0.05, 0.1) is 11.3 Å². The summed E-state index contributed by atoms with van der Waals surface area (Å²) in [6, 6.07) is 12.1. The first-order valence-corrected chi connectivity index (χ1v) is 8.99. The van der Waals surface area contributed by atoms with Crippen LogP contribution in [-0.4, -0.2) is 14.1 Å². The van der Waals surface area contributed by atoms with Crippen molar-refractivity contribution in [3.63, 3.8) is 0 Å². The summed E-state index contributed by atoms with van der Waals surface area (Å²) in [6.07, 6.45) is 5.00. The largest absolute Gasteiger partial charge is 0.609 e. The average molecular weight is 386 g/mol. The summed E-state index contributed by atoms with van der Waals surface area (Å²) in [6.45, 7) is 0. The predicted molar refractivity (Wildman–Crippen MR) is 94.7 cm³/mol. The Morgan fingerprint density at radius 3 is 2.30 bits per heavy atom. The molecule has 2 aromatic carbocycles. The zero-order valence-electron chi connectivity index (χ0n) is 11.7. The third-order valence-electron chi connectivity index (χ3n) is 3.27. The zero-order valence-corrected chi connectivity index (χ0v) is 14.8. The predicted octanol–water partition coefficient (Wildman–Crippen LogP) is 5.20. The first-order chi connectivity index (χ1) is 11.1. The molecule has 1 aromatic heterocycles. The minimum atomic E-state index is -1.39. The van der Waals surface area contributed by atoms with E-state index in [1.165, 1.54) is 0 Å². The van der Waals surface area contributed by atoms with Gasteiger partial charge in [-0.2, -0.15) is 0 Å². The zero-order chi connectivity index (χ0) is 16.4. The fourth-order valence-electron chi connectivity index (χ4n) is 2.19. The van der Waals surface area contributed by atoms with Crippen LogP contribution >= 0.6 is 34.8 Å². The van der Waals surface area contributed by atoms with Crippen molar-refractivity contribution in [2.24, 2.45) is 0 Å². The second-order valence-corrected chi connectivity index (χ2v) is 7.57. The maximum atomic E-state index is 13.1. The number of benzene rings is 2. The summed E-state index contributed by atoms with van der Waals surface area (Å²) in [5.74, 6) is 0. The van der Waals surface area contributed by atoms with Gasteiger partial charge in [0.2, 0.25) is 5.37 Å². The van der Waals surface area contributed by atoms with Crippen LogP contribution in [0.5, 0.6) is 0 Å². The molecule has 2 unspecified atom stereocenters. The lowest BCUT2D eigenvalue weighted by Gasteiger charge is -2.23. The van der Waals surface area contributed by atoms with Gasteiger partial charge in [-0.3, -0.25) is 4.57 Å². The molecule has 0 spiro atoms. The summed E-state index contributed by atoms with van der Waals surface area (Å²) in [5.41, 5.74) is 0.711. The van der Waals surface area contributed by atoms with Crippen LogP contribution in [0.1, 0.15) is 10.9 Å². The van der Waals surface area contributed by atoms with Crippen LogP contribution < -0.4 is 0 Å². The Kier molecular flexibility index (Phi) is 5.19. The second-order valence-electron chi connectivity index (χ2n) is 4.78. The molecule has 0 saturated heterocycles. The number of halogens is 3. The van der Waals surface area contributed by atoms with Crippen LogP contribution in [-0.2, 0) is 11.2 Å². The normalized spacial score (nSPS) is 13.7. The van der Waals surface area contributed by atoms with Gasteiger partial charge in [-0.15, -0.1) is 0 Å². The fourth-order valence-corrected chi connectivity index (χ4v) is 4.34. The molecule has 118 valence electrons. The fraction of sp³-hybridized carbons (Fsp3) is 0.0625. The van der Waals surface area contributed by atoms with E-state index in [1.54, 1.807) is 65.8 Å². The minimum Gasteiger partial charge on any atom is -0.609 e. The molecule has 0 aliphatic rings. The number of hydrogen-bond donors (Lipinski definition) is 0. The Hall–Kier alpha value is -1.17. The van der Waals surface area contributed by atoms with Gasteiger partial charge >= 0.3 is 0 Å². The topological polar surface area (TPSA) is 40.9 Å². The molecule has 3 aromatic rings. The molecule has 23 heavy (non-hydrogen) atoms. The van der Waals surface area contributed by atoms with Crippen molar-refractivity contribution < 1.29 is 4.55 Å². The van der Waals surface area contributed by atoms with Gasteiger partial charge in [-0.05, 0) is 42.5 Å². The van der Waals surface area contributed by atoms with Crippen molar-refractivity contribution in [2.45, 2.75) is 10.3 Å². The number of nitrogens with zero attached hydrogens (tertiary/aromatic N) is 2. The maximum absolute atomic E-state index is 13.1. The van der Waals surface area contributed by atoms with Gasteiger partial charge < -0.3 is 4.55 Å². The van der Waals surface area contributed by atoms with Crippen molar-refractivity contribution in [1.29, 1.82) is 0 Å². The van der Waals surface area contributed by atoms with Crippen LogP contribution in [0, 0.1) is 0 Å². The van der Waals surface area contributed by atoms with Gasteiger partial charge in [-0.1, -0.05) is 34.8 Å². The highest BCUT2D eigenvalue weighted by Crippen LogP contribution is 2.35. The van der Waals surface area contributed by atoms with E-state index in [0.717, 1.165) is 0 Å². The molecule has 0 bridgehead atoms. The molecule has 0 aliphatic carbocycles. The Morgan fingerprint density at radius 1 is 1.00 bits per heavy atom. The highest BCUT2D eigenvalue weighted by molar-refractivity contribution is 7.91. The molecule has 2 atom stereocenters. The van der Waals surface area contributed by atoms with Crippen molar-refractivity contribution in [2.75, 3.05) is 0 Å². The average Bonchev–Trinajstić information content (AvgIpc) is 3.04. The minimum absolute atomic E-state index is 0.457. The number of rotatable bonds is 4. The molecule has 3 rings (SSSR count). The van der Waals surface area contributed by atoms with Crippen molar-refractivity contribution >= 4 is 46.0 Å². The number of hydrogen-bond acceptors (Lipinski definition) is 2. The lowest BCUT2D eigenvalue weighted by molar-refractivity contribution is 0.567. The van der Waals surface area contributed by atoms with Gasteiger partial charge in [0, 0.05) is 39.2 Å². The molecule has 0 saturated carbocycles. The second kappa shape index (κ2) is 7.16. The van der Waals surface area contributed by atoms with Crippen molar-refractivity contribution in [1.82, 2.24) is 9.55 Å². The van der Waals surface area contributed by atoms with E-state index >= 15 is 0 Å². The Bertz CT molecular complexity index is 794. The molecule has 3 nitrogen and oxygen atoms in total. The summed E-state index contributed by atoms with van der Waals surface area (Å²) in [4.78, 5) is 4.70.